The lowest BCUT2D eigenvalue weighted by Gasteiger charge is -2.08. The van der Waals surface area contributed by atoms with Crippen molar-refractivity contribution in [2.45, 2.75) is 12.3 Å². The highest BCUT2D eigenvalue weighted by molar-refractivity contribution is 6.04. The molecule has 108 valence electrons. The van der Waals surface area contributed by atoms with Gasteiger partial charge in [-0.1, -0.05) is 0 Å². The standard InChI is InChI=1S/C13H6F4N2O2/c14-6-1-7(15)3-8(2-6)21-12-9-4-13(16,17)11(20)10(9)18-5-19-12/h1-3,5H,4H2. The van der Waals surface area contributed by atoms with Crippen LogP contribution >= 0.6 is 0 Å². The van der Waals surface area contributed by atoms with Gasteiger partial charge in [-0.25, -0.2) is 18.7 Å². The van der Waals surface area contributed by atoms with Gasteiger partial charge in [-0.15, -0.1) is 0 Å². The molecule has 0 atom stereocenters. The smallest absolute Gasteiger partial charge is 0.315 e. The Kier molecular flexibility index (Phi) is 2.89. The fourth-order valence-corrected chi connectivity index (χ4v) is 2.01. The van der Waals surface area contributed by atoms with Gasteiger partial charge in [0.1, 0.15) is 29.4 Å². The van der Waals surface area contributed by atoms with Crippen LogP contribution in [0, 0.1) is 11.6 Å². The molecule has 0 unspecified atom stereocenters. The molecule has 0 bridgehead atoms. The largest absolute Gasteiger partial charge is 0.438 e. The number of ketones is 1. The lowest BCUT2D eigenvalue weighted by molar-refractivity contribution is 0.0164. The van der Waals surface area contributed by atoms with Crippen LogP contribution in [-0.2, 0) is 6.42 Å². The predicted octanol–water partition coefficient (Wildman–Crippen LogP) is 2.92. The van der Waals surface area contributed by atoms with Crippen LogP contribution in [-0.4, -0.2) is 21.7 Å². The molecular weight excluding hydrogens is 292 g/mol. The van der Waals surface area contributed by atoms with E-state index in [1.165, 1.54) is 0 Å². The van der Waals surface area contributed by atoms with E-state index in [1.807, 2.05) is 0 Å². The third kappa shape index (κ3) is 2.32. The topological polar surface area (TPSA) is 52.1 Å². The zero-order valence-electron chi connectivity index (χ0n) is 10.2. The summed E-state index contributed by atoms with van der Waals surface area (Å²) in [5.74, 6) is -7.36. The van der Waals surface area contributed by atoms with Crippen molar-refractivity contribution in [3.05, 3.63) is 47.4 Å². The molecule has 0 saturated heterocycles. The van der Waals surface area contributed by atoms with Gasteiger partial charge < -0.3 is 4.74 Å². The van der Waals surface area contributed by atoms with Gasteiger partial charge in [0, 0.05) is 18.2 Å². The van der Waals surface area contributed by atoms with E-state index >= 15 is 0 Å². The number of nitrogens with zero attached hydrogens (tertiary/aromatic N) is 2. The molecule has 21 heavy (non-hydrogen) atoms. The first kappa shape index (κ1) is 13.5. The number of benzene rings is 1. The lowest BCUT2D eigenvalue weighted by atomic mass is 10.2. The quantitative estimate of drug-likeness (QED) is 0.800. The van der Waals surface area contributed by atoms with Gasteiger partial charge in [-0.05, 0) is 0 Å². The van der Waals surface area contributed by atoms with E-state index < -0.39 is 35.5 Å². The molecule has 1 aromatic carbocycles. The molecule has 0 aliphatic heterocycles. The summed E-state index contributed by atoms with van der Waals surface area (Å²) in [7, 11) is 0. The van der Waals surface area contributed by atoms with Crippen molar-refractivity contribution in [3.8, 4) is 11.6 Å². The zero-order valence-corrected chi connectivity index (χ0v) is 10.2. The van der Waals surface area contributed by atoms with Crippen LogP contribution in [0.1, 0.15) is 16.1 Å². The zero-order chi connectivity index (χ0) is 15.2. The van der Waals surface area contributed by atoms with Crippen LogP contribution in [0.15, 0.2) is 24.5 Å². The van der Waals surface area contributed by atoms with Crippen molar-refractivity contribution in [2.24, 2.45) is 0 Å². The molecule has 0 amide bonds. The van der Waals surface area contributed by atoms with E-state index in [0.29, 0.717) is 6.07 Å². The molecule has 0 fully saturated rings. The number of alkyl halides is 2. The first-order chi connectivity index (χ1) is 9.87. The van der Waals surface area contributed by atoms with Crippen LogP contribution in [0.2, 0.25) is 0 Å². The van der Waals surface area contributed by atoms with E-state index in [2.05, 4.69) is 9.97 Å². The van der Waals surface area contributed by atoms with Crippen LogP contribution in [0.5, 0.6) is 11.6 Å². The molecule has 0 N–H and O–H groups in total. The van der Waals surface area contributed by atoms with Gasteiger partial charge in [-0.3, -0.25) is 4.79 Å². The normalized spacial score (nSPS) is 15.9. The van der Waals surface area contributed by atoms with Crippen molar-refractivity contribution >= 4 is 5.78 Å². The highest BCUT2D eigenvalue weighted by Gasteiger charge is 2.49. The summed E-state index contributed by atoms with van der Waals surface area (Å²) < 4.78 is 58.0. The van der Waals surface area contributed by atoms with E-state index in [4.69, 9.17) is 4.74 Å². The maximum atomic E-state index is 13.4. The van der Waals surface area contributed by atoms with E-state index in [-0.39, 0.29) is 17.2 Å². The average Bonchev–Trinajstić information content (AvgIpc) is 2.61. The minimum atomic E-state index is -3.58. The lowest BCUT2D eigenvalue weighted by Crippen LogP contribution is -2.24. The Morgan fingerprint density at radius 2 is 1.76 bits per heavy atom. The van der Waals surface area contributed by atoms with E-state index in [1.54, 1.807) is 0 Å². The van der Waals surface area contributed by atoms with Crippen molar-refractivity contribution in [3.63, 3.8) is 0 Å². The summed E-state index contributed by atoms with van der Waals surface area (Å²) in [6.45, 7) is 0. The highest BCUT2D eigenvalue weighted by Crippen LogP contribution is 2.38. The second-order valence-corrected chi connectivity index (χ2v) is 4.42. The molecule has 0 spiro atoms. The summed E-state index contributed by atoms with van der Waals surface area (Å²) in [4.78, 5) is 18.6. The number of carbonyl (C=O) groups excluding carboxylic acids is 1. The second kappa shape index (κ2) is 4.51. The van der Waals surface area contributed by atoms with Gasteiger partial charge in [0.25, 0.3) is 5.78 Å². The van der Waals surface area contributed by atoms with Crippen molar-refractivity contribution < 1.29 is 27.1 Å². The molecule has 1 aliphatic rings. The Balaban J connectivity index is 2.01. The van der Waals surface area contributed by atoms with Crippen LogP contribution in [0.4, 0.5) is 17.6 Å². The van der Waals surface area contributed by atoms with Crippen molar-refractivity contribution in [1.29, 1.82) is 0 Å². The number of hydrogen-bond acceptors (Lipinski definition) is 4. The maximum absolute atomic E-state index is 13.4. The number of ether oxygens (including phenoxy) is 1. The molecule has 0 radical (unpaired) electrons. The second-order valence-electron chi connectivity index (χ2n) is 4.42. The summed E-state index contributed by atoms with van der Waals surface area (Å²) >= 11 is 0. The molecule has 8 heteroatoms. The molecule has 1 aliphatic carbocycles. The van der Waals surface area contributed by atoms with Crippen molar-refractivity contribution in [1.82, 2.24) is 9.97 Å². The van der Waals surface area contributed by atoms with Crippen LogP contribution < -0.4 is 4.74 Å². The molecule has 0 saturated carbocycles. The minimum absolute atomic E-state index is 0.183. The summed E-state index contributed by atoms with van der Waals surface area (Å²) in [6, 6.07) is 2.37. The number of hydrogen-bond donors (Lipinski definition) is 0. The molecule has 1 heterocycles. The Morgan fingerprint density at radius 3 is 2.43 bits per heavy atom. The third-order valence-electron chi connectivity index (χ3n) is 2.90. The fraction of sp³-hybridized carbons (Fsp3) is 0.154. The van der Waals surface area contributed by atoms with E-state index in [9.17, 15) is 22.4 Å². The number of fused-ring (bicyclic) bond motifs is 1. The minimum Gasteiger partial charge on any atom is -0.438 e. The monoisotopic (exact) mass is 298 g/mol. The number of rotatable bonds is 2. The summed E-state index contributed by atoms with van der Waals surface area (Å²) in [5, 5.41) is 0. The van der Waals surface area contributed by atoms with Gasteiger partial charge in [0.15, 0.2) is 0 Å². The van der Waals surface area contributed by atoms with Gasteiger partial charge >= 0.3 is 5.92 Å². The summed E-state index contributed by atoms with van der Waals surface area (Å²) in [6.07, 6.45) is -0.0295. The van der Waals surface area contributed by atoms with Crippen LogP contribution in [0.3, 0.4) is 0 Å². The molecule has 4 nitrogen and oxygen atoms in total. The third-order valence-corrected chi connectivity index (χ3v) is 2.90. The Morgan fingerprint density at radius 1 is 1.10 bits per heavy atom. The average molecular weight is 298 g/mol. The molecular formula is C13H6F4N2O2. The van der Waals surface area contributed by atoms with Crippen LogP contribution in [0.25, 0.3) is 0 Å². The maximum Gasteiger partial charge on any atom is 0.315 e. The highest BCUT2D eigenvalue weighted by atomic mass is 19.3. The Labute approximate surface area is 115 Å². The Bertz CT molecular complexity index is 729. The number of aromatic nitrogens is 2. The van der Waals surface area contributed by atoms with Crippen molar-refractivity contribution in [2.75, 3.05) is 0 Å². The predicted molar refractivity (Wildman–Crippen MR) is 61.4 cm³/mol. The molecule has 2 aromatic rings. The van der Waals surface area contributed by atoms with E-state index in [0.717, 1.165) is 18.5 Å². The number of halogens is 4. The number of Topliss-reactive ketones (excluding diaryl/α,β-unsaturated/α-hetero) is 1. The van der Waals surface area contributed by atoms with Gasteiger partial charge in [0.2, 0.25) is 5.88 Å². The van der Waals surface area contributed by atoms with Gasteiger partial charge in [0.05, 0.1) is 12.0 Å². The fourth-order valence-electron chi connectivity index (χ4n) is 2.01. The number of carbonyl (C=O) groups is 1. The first-order valence-corrected chi connectivity index (χ1v) is 5.77. The molecule has 1 aromatic heterocycles. The first-order valence-electron chi connectivity index (χ1n) is 5.77. The SMILES string of the molecule is O=C1c2ncnc(Oc3cc(F)cc(F)c3)c2CC1(F)F. The van der Waals surface area contributed by atoms with Gasteiger partial charge in [-0.2, -0.15) is 8.78 Å². The molecule has 3 rings (SSSR count). The summed E-state index contributed by atoms with van der Waals surface area (Å²) in [5.41, 5.74) is -0.626. The Hall–Kier alpha value is -2.51.